The van der Waals surface area contributed by atoms with Crippen LogP contribution in [-0.2, 0) is 4.74 Å². The van der Waals surface area contributed by atoms with Crippen molar-refractivity contribution in [3.63, 3.8) is 0 Å². The summed E-state index contributed by atoms with van der Waals surface area (Å²) in [6.45, 7) is 4.53. The number of ether oxygens (including phenoxy) is 1. The van der Waals surface area contributed by atoms with Crippen LogP contribution < -0.4 is 0 Å². The fraction of sp³-hybridized carbons (Fsp3) is 0.615. The Hall–Kier alpha value is -1.33. The summed E-state index contributed by atoms with van der Waals surface area (Å²) in [5.74, 6) is -0.0937. The molecule has 0 aliphatic carbocycles. The SMILES string of the molecule is COCC(O)CN(C)C(=O)c1cccn1C(C)C. The lowest BCUT2D eigenvalue weighted by Gasteiger charge is -2.22. The lowest BCUT2D eigenvalue weighted by molar-refractivity contribution is 0.0375. The molecule has 1 aromatic heterocycles. The van der Waals surface area contributed by atoms with Crippen LogP contribution in [0.15, 0.2) is 18.3 Å². The highest BCUT2D eigenvalue weighted by Crippen LogP contribution is 2.12. The smallest absolute Gasteiger partial charge is 0.270 e. The first-order chi connectivity index (χ1) is 8.47. The molecule has 1 rings (SSSR count). The molecule has 1 amide bonds. The molecule has 0 radical (unpaired) electrons. The van der Waals surface area contributed by atoms with Crippen molar-refractivity contribution in [2.45, 2.75) is 26.0 Å². The predicted octanol–water partition coefficient (Wildman–Crippen LogP) is 1.15. The molecule has 1 aromatic rings. The van der Waals surface area contributed by atoms with E-state index in [2.05, 4.69) is 0 Å². The number of likely N-dealkylation sites (N-methyl/N-ethyl adjacent to an activating group) is 1. The van der Waals surface area contributed by atoms with Gasteiger partial charge in [0.25, 0.3) is 5.91 Å². The van der Waals surface area contributed by atoms with Crippen molar-refractivity contribution in [3.05, 3.63) is 24.0 Å². The van der Waals surface area contributed by atoms with Crippen molar-refractivity contribution in [2.24, 2.45) is 0 Å². The van der Waals surface area contributed by atoms with Crippen LogP contribution in [0.3, 0.4) is 0 Å². The molecular weight excluding hydrogens is 232 g/mol. The Morgan fingerprint density at radius 2 is 2.22 bits per heavy atom. The van der Waals surface area contributed by atoms with Gasteiger partial charge in [-0.25, -0.2) is 0 Å². The number of nitrogens with zero attached hydrogens (tertiary/aromatic N) is 2. The van der Waals surface area contributed by atoms with Crippen molar-refractivity contribution < 1.29 is 14.6 Å². The number of aliphatic hydroxyl groups is 1. The number of methoxy groups -OCH3 is 1. The number of amides is 1. The predicted molar refractivity (Wildman–Crippen MR) is 69.7 cm³/mol. The highest BCUT2D eigenvalue weighted by molar-refractivity contribution is 5.92. The van der Waals surface area contributed by atoms with Crippen molar-refractivity contribution in [1.82, 2.24) is 9.47 Å². The van der Waals surface area contributed by atoms with Gasteiger partial charge in [0.15, 0.2) is 0 Å². The summed E-state index contributed by atoms with van der Waals surface area (Å²) in [4.78, 5) is 13.7. The van der Waals surface area contributed by atoms with Crippen LogP contribution >= 0.6 is 0 Å². The van der Waals surface area contributed by atoms with Crippen LogP contribution in [0.25, 0.3) is 0 Å². The zero-order chi connectivity index (χ0) is 13.7. The number of aliphatic hydroxyl groups excluding tert-OH is 1. The van der Waals surface area contributed by atoms with Gasteiger partial charge in [-0.1, -0.05) is 0 Å². The number of aromatic nitrogens is 1. The molecule has 18 heavy (non-hydrogen) atoms. The minimum absolute atomic E-state index is 0.0937. The molecule has 5 heteroatoms. The highest BCUT2D eigenvalue weighted by atomic mass is 16.5. The zero-order valence-corrected chi connectivity index (χ0v) is 11.5. The first-order valence-electron chi connectivity index (χ1n) is 6.06. The third-order valence-electron chi connectivity index (χ3n) is 2.74. The largest absolute Gasteiger partial charge is 0.389 e. The van der Waals surface area contributed by atoms with Gasteiger partial charge < -0.3 is 19.3 Å². The first-order valence-corrected chi connectivity index (χ1v) is 6.06. The molecule has 1 atom stereocenters. The Balaban J connectivity index is 2.71. The standard InChI is InChI=1S/C13H22N2O3/c1-10(2)15-7-5-6-12(15)13(17)14(3)8-11(16)9-18-4/h5-7,10-11,16H,8-9H2,1-4H3. The van der Waals surface area contributed by atoms with E-state index in [1.807, 2.05) is 30.7 Å². The molecule has 102 valence electrons. The van der Waals surface area contributed by atoms with E-state index < -0.39 is 6.10 Å². The van der Waals surface area contributed by atoms with Gasteiger partial charge in [-0.3, -0.25) is 4.79 Å². The second kappa shape index (κ2) is 6.56. The molecule has 1 N–H and O–H groups in total. The van der Waals surface area contributed by atoms with E-state index in [0.29, 0.717) is 5.69 Å². The normalized spacial score (nSPS) is 12.8. The van der Waals surface area contributed by atoms with Crippen LogP contribution in [0.1, 0.15) is 30.4 Å². The van der Waals surface area contributed by atoms with Crippen molar-refractivity contribution >= 4 is 5.91 Å². The monoisotopic (exact) mass is 254 g/mol. The van der Waals surface area contributed by atoms with E-state index in [9.17, 15) is 9.90 Å². The van der Waals surface area contributed by atoms with Crippen molar-refractivity contribution in [2.75, 3.05) is 27.3 Å². The molecule has 0 aliphatic rings. The van der Waals surface area contributed by atoms with Gasteiger partial charge in [0.1, 0.15) is 5.69 Å². The molecule has 0 saturated heterocycles. The summed E-state index contributed by atoms with van der Waals surface area (Å²) in [6, 6.07) is 3.88. The Morgan fingerprint density at radius 3 is 2.78 bits per heavy atom. The molecule has 0 saturated carbocycles. The quantitative estimate of drug-likeness (QED) is 0.828. The summed E-state index contributed by atoms with van der Waals surface area (Å²) in [7, 11) is 3.20. The summed E-state index contributed by atoms with van der Waals surface area (Å²) in [6.07, 6.45) is 1.23. The van der Waals surface area contributed by atoms with Crippen molar-refractivity contribution in [3.8, 4) is 0 Å². The molecule has 0 bridgehead atoms. The van der Waals surface area contributed by atoms with Crippen LogP contribution in [0.5, 0.6) is 0 Å². The molecule has 1 unspecified atom stereocenters. The van der Waals surface area contributed by atoms with E-state index in [-0.39, 0.29) is 25.1 Å². The molecule has 0 aromatic carbocycles. The van der Waals surface area contributed by atoms with Gasteiger partial charge in [0, 0.05) is 32.9 Å². The lowest BCUT2D eigenvalue weighted by Crippen LogP contribution is -2.37. The third-order valence-corrected chi connectivity index (χ3v) is 2.74. The number of hydrogen-bond donors (Lipinski definition) is 1. The van der Waals surface area contributed by atoms with Crippen molar-refractivity contribution in [1.29, 1.82) is 0 Å². The van der Waals surface area contributed by atoms with Gasteiger partial charge in [-0.15, -0.1) is 0 Å². The fourth-order valence-corrected chi connectivity index (χ4v) is 1.86. The number of carbonyl (C=O) groups excluding carboxylic acids is 1. The van der Waals surface area contributed by atoms with E-state index in [0.717, 1.165) is 0 Å². The zero-order valence-electron chi connectivity index (χ0n) is 11.5. The Bertz CT molecular complexity index is 387. The highest BCUT2D eigenvalue weighted by Gasteiger charge is 2.19. The Morgan fingerprint density at radius 1 is 1.56 bits per heavy atom. The van der Waals surface area contributed by atoms with Crippen LogP contribution in [0, 0.1) is 0 Å². The van der Waals surface area contributed by atoms with Crippen LogP contribution in [0.2, 0.25) is 0 Å². The Kier molecular flexibility index (Phi) is 5.37. The molecule has 5 nitrogen and oxygen atoms in total. The number of hydrogen-bond acceptors (Lipinski definition) is 3. The molecule has 1 heterocycles. The van der Waals surface area contributed by atoms with E-state index in [1.54, 1.807) is 13.1 Å². The second-order valence-electron chi connectivity index (χ2n) is 4.69. The first kappa shape index (κ1) is 14.7. The average molecular weight is 254 g/mol. The summed E-state index contributed by atoms with van der Waals surface area (Å²) < 4.78 is 6.76. The summed E-state index contributed by atoms with van der Waals surface area (Å²) in [5, 5.41) is 9.62. The van der Waals surface area contributed by atoms with E-state index >= 15 is 0 Å². The van der Waals surface area contributed by atoms with Crippen LogP contribution in [-0.4, -0.2) is 53.9 Å². The maximum atomic E-state index is 12.2. The molecule has 0 aliphatic heterocycles. The van der Waals surface area contributed by atoms with E-state index in [4.69, 9.17) is 4.74 Å². The molecule has 0 spiro atoms. The topological polar surface area (TPSA) is 54.7 Å². The average Bonchev–Trinajstić information content (AvgIpc) is 2.76. The van der Waals surface area contributed by atoms with Crippen LogP contribution in [0.4, 0.5) is 0 Å². The minimum atomic E-state index is -0.661. The van der Waals surface area contributed by atoms with Gasteiger partial charge in [0.2, 0.25) is 0 Å². The van der Waals surface area contributed by atoms with Gasteiger partial charge in [-0.2, -0.15) is 0 Å². The van der Waals surface area contributed by atoms with Gasteiger partial charge in [-0.05, 0) is 26.0 Å². The minimum Gasteiger partial charge on any atom is -0.389 e. The summed E-state index contributed by atoms with van der Waals surface area (Å²) >= 11 is 0. The number of carbonyl (C=O) groups is 1. The summed E-state index contributed by atoms with van der Waals surface area (Å²) in [5.41, 5.74) is 0.636. The molecule has 0 fully saturated rings. The maximum absolute atomic E-state index is 12.2. The third kappa shape index (κ3) is 3.58. The number of rotatable bonds is 6. The fourth-order valence-electron chi connectivity index (χ4n) is 1.86. The maximum Gasteiger partial charge on any atom is 0.270 e. The molecular formula is C13H22N2O3. The lowest BCUT2D eigenvalue weighted by atomic mass is 10.3. The second-order valence-corrected chi connectivity index (χ2v) is 4.69. The van der Waals surface area contributed by atoms with E-state index in [1.165, 1.54) is 12.0 Å². The van der Waals surface area contributed by atoms with Gasteiger partial charge >= 0.3 is 0 Å². The van der Waals surface area contributed by atoms with Gasteiger partial charge in [0.05, 0.1) is 12.7 Å². The Labute approximate surface area is 108 Å².